The maximum absolute atomic E-state index is 12.8. The number of carboxylic acid groups (broad SMARTS) is 1. The first-order valence-corrected chi connectivity index (χ1v) is 9.45. The molecule has 25 heavy (non-hydrogen) atoms. The lowest BCUT2D eigenvalue weighted by Gasteiger charge is -2.10. The van der Waals surface area contributed by atoms with Gasteiger partial charge in [0.25, 0.3) is 0 Å². The number of hydrogen-bond acceptors (Lipinski definition) is 2. The number of fused-ring (bicyclic) bond motifs is 1. The van der Waals surface area contributed by atoms with Crippen LogP contribution in [0.3, 0.4) is 0 Å². The number of unbranched alkanes of at least 4 members (excludes halogenated alkanes) is 3. The average molecular weight is 343 g/mol. The van der Waals surface area contributed by atoms with Gasteiger partial charge in [-0.1, -0.05) is 45.2 Å². The number of carboxylic acids is 1. The van der Waals surface area contributed by atoms with Gasteiger partial charge in [-0.15, -0.1) is 0 Å². The Hall–Kier alpha value is -2.10. The van der Waals surface area contributed by atoms with Gasteiger partial charge in [0, 0.05) is 23.9 Å². The van der Waals surface area contributed by atoms with Crippen molar-refractivity contribution in [3.05, 3.63) is 35.5 Å². The molecule has 2 aromatic rings. The minimum atomic E-state index is -0.849. The molecule has 0 amide bonds. The molecule has 0 aliphatic rings. The SMILES string of the molecule is CCCCCCc1cc2ccc(CC)cc2n1C(=O)CCCC(=O)O. The third-order valence-electron chi connectivity index (χ3n) is 4.67. The van der Waals surface area contributed by atoms with Crippen LogP contribution in [0.4, 0.5) is 0 Å². The number of nitrogens with zero attached hydrogens (tertiary/aromatic N) is 1. The van der Waals surface area contributed by atoms with Gasteiger partial charge in [-0.2, -0.15) is 0 Å². The maximum Gasteiger partial charge on any atom is 0.303 e. The van der Waals surface area contributed by atoms with Crippen LogP contribution in [0.1, 0.15) is 74.8 Å². The van der Waals surface area contributed by atoms with Crippen molar-refractivity contribution in [1.82, 2.24) is 4.57 Å². The molecule has 1 aromatic heterocycles. The average Bonchev–Trinajstić information content (AvgIpc) is 2.95. The molecule has 1 heterocycles. The molecule has 0 bridgehead atoms. The van der Waals surface area contributed by atoms with Gasteiger partial charge in [-0.05, 0) is 43.4 Å². The number of hydrogen-bond donors (Lipinski definition) is 1. The van der Waals surface area contributed by atoms with E-state index in [1.165, 1.54) is 24.8 Å². The lowest BCUT2D eigenvalue weighted by molar-refractivity contribution is -0.137. The largest absolute Gasteiger partial charge is 0.481 e. The Morgan fingerprint density at radius 1 is 1.00 bits per heavy atom. The zero-order chi connectivity index (χ0) is 18.2. The highest BCUT2D eigenvalue weighted by Crippen LogP contribution is 2.24. The van der Waals surface area contributed by atoms with Gasteiger partial charge < -0.3 is 5.11 Å². The zero-order valence-electron chi connectivity index (χ0n) is 15.4. The van der Waals surface area contributed by atoms with E-state index in [1.807, 2.05) is 4.57 Å². The van der Waals surface area contributed by atoms with Gasteiger partial charge >= 0.3 is 5.97 Å². The van der Waals surface area contributed by atoms with Gasteiger partial charge in [-0.3, -0.25) is 14.2 Å². The summed E-state index contributed by atoms with van der Waals surface area (Å²) < 4.78 is 1.84. The van der Waals surface area contributed by atoms with Gasteiger partial charge in [0.1, 0.15) is 0 Å². The molecule has 0 unspecified atom stereocenters. The van der Waals surface area contributed by atoms with E-state index in [4.69, 9.17) is 5.11 Å². The Morgan fingerprint density at radius 2 is 1.80 bits per heavy atom. The van der Waals surface area contributed by atoms with Crippen LogP contribution >= 0.6 is 0 Å². The fraction of sp³-hybridized carbons (Fsp3) is 0.524. The highest BCUT2D eigenvalue weighted by atomic mass is 16.4. The molecular formula is C21H29NO3. The molecule has 0 aliphatic carbocycles. The van der Waals surface area contributed by atoms with E-state index in [0.29, 0.717) is 6.42 Å². The van der Waals surface area contributed by atoms with Crippen molar-refractivity contribution in [2.24, 2.45) is 0 Å². The van der Waals surface area contributed by atoms with Crippen LogP contribution in [0.2, 0.25) is 0 Å². The second-order valence-corrected chi connectivity index (χ2v) is 6.67. The molecular weight excluding hydrogens is 314 g/mol. The fourth-order valence-electron chi connectivity index (χ4n) is 3.24. The molecule has 136 valence electrons. The molecule has 4 heteroatoms. The molecule has 0 aliphatic heterocycles. The lowest BCUT2D eigenvalue weighted by atomic mass is 10.1. The number of aromatic nitrogens is 1. The summed E-state index contributed by atoms with van der Waals surface area (Å²) in [5, 5.41) is 9.89. The summed E-state index contributed by atoms with van der Waals surface area (Å²) in [7, 11) is 0. The second kappa shape index (κ2) is 9.40. The Labute approximate surface area is 149 Å². The van der Waals surface area contributed by atoms with Crippen LogP contribution in [0.25, 0.3) is 10.9 Å². The van der Waals surface area contributed by atoms with Crippen LogP contribution in [0.5, 0.6) is 0 Å². The van der Waals surface area contributed by atoms with E-state index >= 15 is 0 Å². The summed E-state index contributed by atoms with van der Waals surface area (Å²) in [4.78, 5) is 23.5. The first-order valence-electron chi connectivity index (χ1n) is 9.45. The minimum Gasteiger partial charge on any atom is -0.481 e. The molecule has 0 spiro atoms. The normalized spacial score (nSPS) is 11.1. The number of carbonyl (C=O) groups excluding carboxylic acids is 1. The fourth-order valence-corrected chi connectivity index (χ4v) is 3.24. The van der Waals surface area contributed by atoms with Gasteiger partial charge in [-0.25, -0.2) is 0 Å². The molecule has 0 fully saturated rings. The van der Waals surface area contributed by atoms with Crippen molar-refractivity contribution >= 4 is 22.8 Å². The van der Waals surface area contributed by atoms with Crippen molar-refractivity contribution in [2.75, 3.05) is 0 Å². The predicted molar refractivity (Wildman–Crippen MR) is 101 cm³/mol. The molecule has 0 saturated heterocycles. The van der Waals surface area contributed by atoms with Crippen molar-refractivity contribution in [1.29, 1.82) is 0 Å². The molecule has 0 atom stereocenters. The second-order valence-electron chi connectivity index (χ2n) is 6.67. The molecule has 4 nitrogen and oxygen atoms in total. The van der Waals surface area contributed by atoms with E-state index in [-0.39, 0.29) is 18.7 Å². The third kappa shape index (κ3) is 5.18. The Bertz CT molecular complexity index is 730. The predicted octanol–water partition coefficient (Wildman–Crippen LogP) is 5.22. The van der Waals surface area contributed by atoms with Gasteiger partial charge in [0.2, 0.25) is 5.91 Å². The summed E-state index contributed by atoms with van der Waals surface area (Å²) in [6.45, 7) is 4.30. The molecule has 0 radical (unpaired) electrons. The minimum absolute atomic E-state index is 0.00925. The summed E-state index contributed by atoms with van der Waals surface area (Å²) >= 11 is 0. The Balaban J connectivity index is 2.27. The number of aliphatic carboxylic acids is 1. The van der Waals surface area contributed by atoms with E-state index in [1.54, 1.807) is 0 Å². The number of rotatable bonds is 10. The summed E-state index contributed by atoms with van der Waals surface area (Å²) in [5.74, 6) is -0.840. The van der Waals surface area contributed by atoms with E-state index in [0.717, 1.165) is 35.9 Å². The highest BCUT2D eigenvalue weighted by molar-refractivity contribution is 5.94. The first kappa shape index (κ1) is 19.2. The summed E-state index contributed by atoms with van der Waals surface area (Å²) in [5.41, 5.74) is 3.23. The van der Waals surface area contributed by atoms with Crippen molar-refractivity contribution in [2.45, 2.75) is 71.6 Å². The van der Waals surface area contributed by atoms with E-state index < -0.39 is 5.97 Å². The molecule has 1 N–H and O–H groups in total. The molecule has 0 saturated carbocycles. The quantitative estimate of drug-likeness (QED) is 0.602. The maximum atomic E-state index is 12.8. The number of benzene rings is 1. The zero-order valence-corrected chi connectivity index (χ0v) is 15.4. The van der Waals surface area contributed by atoms with Crippen LogP contribution in [0.15, 0.2) is 24.3 Å². The Kier molecular flexibility index (Phi) is 7.23. The van der Waals surface area contributed by atoms with Crippen LogP contribution in [-0.4, -0.2) is 21.6 Å². The van der Waals surface area contributed by atoms with Crippen LogP contribution in [-0.2, 0) is 17.6 Å². The van der Waals surface area contributed by atoms with E-state index in [9.17, 15) is 9.59 Å². The molecule has 2 rings (SSSR count). The van der Waals surface area contributed by atoms with Crippen LogP contribution in [0, 0.1) is 0 Å². The molecule has 1 aromatic carbocycles. The highest BCUT2D eigenvalue weighted by Gasteiger charge is 2.15. The van der Waals surface area contributed by atoms with Crippen molar-refractivity contribution in [3.8, 4) is 0 Å². The standard InChI is InChI=1S/C21H29NO3/c1-3-5-6-7-9-18-15-17-13-12-16(4-2)14-19(17)22(18)20(23)10-8-11-21(24)25/h12-15H,3-11H2,1-2H3,(H,24,25). The summed E-state index contributed by atoms with van der Waals surface area (Å²) in [6, 6.07) is 8.42. The third-order valence-corrected chi connectivity index (χ3v) is 4.67. The first-order chi connectivity index (χ1) is 12.1. The smallest absolute Gasteiger partial charge is 0.303 e. The van der Waals surface area contributed by atoms with Crippen LogP contribution < -0.4 is 0 Å². The number of aryl methyl sites for hydroxylation is 2. The van der Waals surface area contributed by atoms with Gasteiger partial charge in [0.05, 0.1) is 5.52 Å². The topological polar surface area (TPSA) is 59.3 Å². The monoisotopic (exact) mass is 343 g/mol. The van der Waals surface area contributed by atoms with Crippen molar-refractivity contribution < 1.29 is 14.7 Å². The van der Waals surface area contributed by atoms with Gasteiger partial charge in [0.15, 0.2) is 0 Å². The lowest BCUT2D eigenvalue weighted by Crippen LogP contribution is -2.14. The summed E-state index contributed by atoms with van der Waals surface area (Å²) in [6.07, 6.45) is 7.17. The van der Waals surface area contributed by atoms with E-state index in [2.05, 4.69) is 38.1 Å². The van der Waals surface area contributed by atoms with Crippen molar-refractivity contribution in [3.63, 3.8) is 0 Å². The Morgan fingerprint density at radius 3 is 2.48 bits per heavy atom. The number of carbonyl (C=O) groups is 2.